The van der Waals surface area contributed by atoms with Crippen molar-refractivity contribution >= 4 is 47.8 Å². The van der Waals surface area contributed by atoms with Crippen molar-refractivity contribution in [3.63, 3.8) is 0 Å². The van der Waals surface area contributed by atoms with E-state index in [1.54, 1.807) is 20.8 Å². The number of carbonyl (C=O) groups excluding carboxylic acids is 1. The second-order valence-corrected chi connectivity index (χ2v) is 13.4. The van der Waals surface area contributed by atoms with E-state index in [0.29, 0.717) is 11.3 Å². The number of anilines is 2. The zero-order valence-corrected chi connectivity index (χ0v) is 25.8. The first-order valence-electron chi connectivity index (χ1n) is 13.3. The lowest BCUT2D eigenvalue weighted by Gasteiger charge is -2.29. The summed E-state index contributed by atoms with van der Waals surface area (Å²) < 4.78 is 47.6. The molecule has 0 radical (unpaired) electrons. The van der Waals surface area contributed by atoms with Crippen LogP contribution in [0.5, 0.6) is 0 Å². The fraction of sp³-hybridized carbons (Fsp3) is 0.519. The number of rotatable bonds is 11. The van der Waals surface area contributed by atoms with E-state index in [9.17, 15) is 14.6 Å². The van der Waals surface area contributed by atoms with Crippen molar-refractivity contribution in [1.29, 1.82) is 5.26 Å². The number of carbonyl (C=O) groups is 1. The van der Waals surface area contributed by atoms with Gasteiger partial charge in [-0.3, -0.25) is 13.9 Å². The molecule has 1 aliphatic rings. The van der Waals surface area contributed by atoms with Gasteiger partial charge in [0.25, 0.3) is 7.52 Å². The molecule has 12 nitrogen and oxygen atoms in total. The highest BCUT2D eigenvalue weighted by atomic mass is 35.5. The number of nitrogens with one attached hydrogen (secondary N) is 2. The molecule has 1 fully saturated rings. The maximum Gasteiger partial charge on any atom is 0.323 e. The molecule has 3 heterocycles. The number of halogens is 2. The molecule has 2 N–H and O–H groups in total. The maximum atomic E-state index is 16.2. The van der Waals surface area contributed by atoms with Crippen LogP contribution >= 0.6 is 19.1 Å². The van der Waals surface area contributed by atoms with E-state index in [4.69, 9.17) is 25.6 Å². The number of benzene rings is 1. The number of nitrogens with zero attached hydrogens (tertiary/aromatic N) is 5. The molecule has 15 heteroatoms. The first-order chi connectivity index (χ1) is 19.7. The van der Waals surface area contributed by atoms with Gasteiger partial charge in [-0.05, 0) is 51.4 Å². The molecule has 0 bridgehead atoms. The summed E-state index contributed by atoms with van der Waals surface area (Å²) in [6, 6.07) is 8.72. The van der Waals surface area contributed by atoms with Gasteiger partial charge in [-0.25, -0.2) is 14.5 Å². The number of fused-ring (bicyclic) bond motifs is 1. The molecule has 0 saturated carbocycles. The standard InChI is InChI=1S/C27H34ClFN7O5P/c1-15(2)40-25(37)17(4)35-42(6,38)39-13-19-27(5,11-12-30)21(29)24(41-19)36-14-31-20-22(33-26(28)34-23(20)36)32-18-9-7-16(3)8-10-18/h7-10,14-15,17,19,21,24H,11,13H2,1-6H3,(H,35,38)(H,32,33,34)/t17-,19+,21?,24+,27-,42?/m0/s1. The third kappa shape index (κ3) is 6.90. The van der Waals surface area contributed by atoms with Crippen LogP contribution in [0.25, 0.3) is 11.2 Å². The fourth-order valence-electron chi connectivity index (χ4n) is 4.64. The summed E-state index contributed by atoms with van der Waals surface area (Å²) >= 11 is 6.24. The van der Waals surface area contributed by atoms with Crippen LogP contribution < -0.4 is 10.4 Å². The second-order valence-electron chi connectivity index (χ2n) is 10.9. The van der Waals surface area contributed by atoms with Crippen LogP contribution in [0.4, 0.5) is 15.9 Å². The molecule has 3 aromatic rings. The summed E-state index contributed by atoms with van der Waals surface area (Å²) in [7, 11) is -3.56. The molecule has 0 amide bonds. The Morgan fingerprint density at radius 3 is 2.64 bits per heavy atom. The summed E-state index contributed by atoms with van der Waals surface area (Å²) in [5.41, 5.74) is 1.05. The molecule has 6 atom stereocenters. The molecule has 1 aliphatic heterocycles. The number of aromatic nitrogens is 4. The van der Waals surface area contributed by atoms with Gasteiger partial charge in [-0.15, -0.1) is 0 Å². The Kier molecular flexibility index (Phi) is 9.55. The Labute approximate surface area is 248 Å². The molecule has 42 heavy (non-hydrogen) atoms. The Morgan fingerprint density at radius 2 is 2.00 bits per heavy atom. The highest BCUT2D eigenvalue weighted by Gasteiger charge is 2.55. The average molecular weight is 622 g/mol. The Bertz CT molecular complexity index is 1530. The van der Waals surface area contributed by atoms with Crippen LogP contribution in [-0.2, 0) is 23.4 Å². The molecule has 0 spiro atoms. The zero-order chi connectivity index (χ0) is 30.8. The first kappa shape index (κ1) is 31.8. The lowest BCUT2D eigenvalue weighted by Crippen LogP contribution is -2.39. The molecule has 1 saturated heterocycles. The third-order valence-corrected chi connectivity index (χ3v) is 8.64. The molecule has 226 valence electrons. The summed E-state index contributed by atoms with van der Waals surface area (Å²) in [6.45, 7) is 9.44. The lowest BCUT2D eigenvalue weighted by molar-refractivity contribution is -0.149. The van der Waals surface area contributed by atoms with E-state index in [0.717, 1.165) is 11.3 Å². The number of esters is 1. The lowest BCUT2D eigenvalue weighted by atomic mass is 9.79. The Morgan fingerprint density at radius 1 is 1.31 bits per heavy atom. The van der Waals surface area contributed by atoms with Gasteiger partial charge in [0, 0.05) is 24.2 Å². The van der Waals surface area contributed by atoms with Crippen molar-refractivity contribution in [1.82, 2.24) is 24.6 Å². The largest absolute Gasteiger partial charge is 0.462 e. The quantitative estimate of drug-likeness (QED) is 0.159. The zero-order valence-electron chi connectivity index (χ0n) is 24.2. The Balaban J connectivity index is 1.57. The van der Waals surface area contributed by atoms with Crippen molar-refractivity contribution in [3.05, 3.63) is 41.4 Å². The van der Waals surface area contributed by atoms with Crippen molar-refractivity contribution in [3.8, 4) is 6.07 Å². The molecular formula is C27H34ClFN7O5P. The van der Waals surface area contributed by atoms with Crippen molar-refractivity contribution < 1.29 is 27.7 Å². The van der Waals surface area contributed by atoms with E-state index in [1.165, 1.54) is 24.5 Å². The minimum atomic E-state index is -3.56. The first-order valence-corrected chi connectivity index (χ1v) is 15.8. The summed E-state index contributed by atoms with van der Waals surface area (Å²) in [4.78, 5) is 25.1. The SMILES string of the molecule is Cc1ccc(Nc2nc(Cl)nc3c2ncn3[C@@H]2O[C@H](COP(C)(=O)N[C@@H](C)C(=O)OC(C)C)[C@](C)(CC#N)C2F)cc1. The molecular weight excluding hydrogens is 588 g/mol. The highest BCUT2D eigenvalue weighted by Crippen LogP contribution is 2.50. The summed E-state index contributed by atoms with van der Waals surface area (Å²) in [6.07, 6.45) is -3.11. The molecule has 0 aliphatic carbocycles. The predicted octanol–water partition coefficient (Wildman–Crippen LogP) is 5.46. The normalized spacial score (nSPS) is 24.3. The maximum absolute atomic E-state index is 16.2. The van der Waals surface area contributed by atoms with Gasteiger partial charge in [0.1, 0.15) is 6.04 Å². The predicted molar refractivity (Wildman–Crippen MR) is 155 cm³/mol. The molecule has 2 aromatic heterocycles. The van der Waals surface area contributed by atoms with Crippen molar-refractivity contribution in [2.45, 2.75) is 71.7 Å². The number of nitriles is 1. The van der Waals surface area contributed by atoms with Crippen molar-refractivity contribution in [2.24, 2.45) is 5.41 Å². The van der Waals surface area contributed by atoms with E-state index in [2.05, 4.69) is 25.4 Å². The topological polar surface area (TPSA) is 153 Å². The number of alkyl halides is 1. The van der Waals surface area contributed by atoms with E-state index in [1.807, 2.05) is 37.3 Å². The van der Waals surface area contributed by atoms with Crippen LogP contribution in [0.1, 0.15) is 45.9 Å². The van der Waals surface area contributed by atoms with E-state index < -0.39 is 43.4 Å². The smallest absolute Gasteiger partial charge is 0.323 e. The monoisotopic (exact) mass is 621 g/mol. The average Bonchev–Trinajstić information content (AvgIpc) is 3.42. The number of aryl methyl sites for hydroxylation is 1. The van der Waals surface area contributed by atoms with Crippen LogP contribution in [-0.4, -0.2) is 63.2 Å². The van der Waals surface area contributed by atoms with E-state index in [-0.39, 0.29) is 30.1 Å². The van der Waals surface area contributed by atoms with Crippen molar-refractivity contribution in [2.75, 3.05) is 18.6 Å². The number of hydrogen-bond donors (Lipinski definition) is 2. The van der Waals surface area contributed by atoms with Gasteiger partial charge in [0.2, 0.25) is 5.28 Å². The van der Waals surface area contributed by atoms with Gasteiger partial charge in [-0.1, -0.05) is 24.6 Å². The van der Waals surface area contributed by atoms with Gasteiger partial charge >= 0.3 is 5.97 Å². The van der Waals surface area contributed by atoms with Gasteiger partial charge in [-0.2, -0.15) is 15.2 Å². The number of imidazole rings is 1. The number of ether oxygens (including phenoxy) is 2. The minimum Gasteiger partial charge on any atom is -0.462 e. The Hall–Kier alpha value is -3.14. The molecule has 1 aromatic carbocycles. The van der Waals surface area contributed by atoms with Gasteiger partial charge < -0.3 is 19.3 Å². The van der Waals surface area contributed by atoms with Crippen LogP contribution in [0.3, 0.4) is 0 Å². The number of hydrogen-bond acceptors (Lipinski definition) is 10. The minimum absolute atomic E-state index is 0.0879. The molecule has 4 rings (SSSR count). The van der Waals surface area contributed by atoms with Crippen LogP contribution in [0, 0.1) is 23.7 Å². The third-order valence-electron chi connectivity index (χ3n) is 6.97. The fourth-order valence-corrected chi connectivity index (χ4v) is 6.10. The second kappa shape index (κ2) is 12.6. The highest BCUT2D eigenvalue weighted by molar-refractivity contribution is 7.56. The van der Waals surface area contributed by atoms with Gasteiger partial charge in [0.15, 0.2) is 29.4 Å². The molecule has 2 unspecified atom stereocenters. The van der Waals surface area contributed by atoms with Gasteiger partial charge in [0.05, 0.1) is 31.2 Å². The van der Waals surface area contributed by atoms with E-state index >= 15 is 4.39 Å². The van der Waals surface area contributed by atoms with Crippen LogP contribution in [0.15, 0.2) is 30.6 Å². The summed E-state index contributed by atoms with van der Waals surface area (Å²) in [5, 5.41) is 15.3. The summed E-state index contributed by atoms with van der Waals surface area (Å²) in [5.74, 6) is -0.265. The van der Waals surface area contributed by atoms with Crippen LogP contribution in [0.2, 0.25) is 5.28 Å².